The molecule has 0 aliphatic heterocycles. The third-order valence-corrected chi connectivity index (χ3v) is 2.94. The number of anilines is 3. The summed E-state index contributed by atoms with van der Waals surface area (Å²) in [5.74, 6) is 5.70. The second-order valence-corrected chi connectivity index (χ2v) is 4.99. The van der Waals surface area contributed by atoms with E-state index in [2.05, 4.69) is 20.7 Å². The Balaban J connectivity index is 2.45. The highest BCUT2D eigenvalue weighted by atomic mass is 19.1. The van der Waals surface area contributed by atoms with Gasteiger partial charge in [0.05, 0.1) is 0 Å². The highest BCUT2D eigenvalue weighted by Crippen LogP contribution is 2.26. The predicted molar refractivity (Wildman–Crippen MR) is 78.3 cm³/mol. The lowest BCUT2D eigenvalue weighted by molar-refractivity contribution is 0.584. The van der Waals surface area contributed by atoms with Crippen LogP contribution < -0.4 is 16.6 Å². The van der Waals surface area contributed by atoms with E-state index < -0.39 is 11.6 Å². The number of nitrogens with two attached hydrogens (primary N) is 1. The number of nitrogens with zero attached hydrogens (tertiary/aromatic N) is 2. The van der Waals surface area contributed by atoms with Crippen LogP contribution in [0.15, 0.2) is 18.2 Å². The van der Waals surface area contributed by atoms with Crippen molar-refractivity contribution in [2.24, 2.45) is 5.84 Å². The molecule has 21 heavy (non-hydrogen) atoms. The van der Waals surface area contributed by atoms with Gasteiger partial charge in [-0.25, -0.2) is 24.6 Å². The molecule has 2 aromatic rings. The Hall–Kier alpha value is -2.28. The Kier molecular flexibility index (Phi) is 4.32. The molecular weight excluding hydrogens is 276 g/mol. The average Bonchev–Trinajstić information content (AvgIpc) is 2.39. The molecule has 1 aromatic carbocycles. The largest absolute Gasteiger partial charge is 0.340 e. The minimum Gasteiger partial charge on any atom is -0.340 e. The summed E-state index contributed by atoms with van der Waals surface area (Å²) in [6, 6.07) is 3.19. The molecule has 0 aliphatic rings. The molecule has 0 radical (unpaired) electrons. The molecule has 4 N–H and O–H groups in total. The van der Waals surface area contributed by atoms with Gasteiger partial charge >= 0.3 is 0 Å². The van der Waals surface area contributed by atoms with E-state index in [1.165, 1.54) is 12.1 Å². The zero-order valence-electron chi connectivity index (χ0n) is 12.0. The minimum atomic E-state index is -0.662. The molecule has 0 saturated carbocycles. The van der Waals surface area contributed by atoms with Crippen LogP contribution in [0, 0.1) is 18.6 Å². The van der Waals surface area contributed by atoms with Crippen LogP contribution in [0.4, 0.5) is 26.1 Å². The monoisotopic (exact) mass is 293 g/mol. The standard InChI is InChI=1S/C14H17F2N5/c1-7(2)12-19-13(8(3)14(20-12)21-17)18-11-5-9(15)4-10(16)6-11/h4-7H,17H2,1-3H3,(H2,18,19,20,21). The van der Waals surface area contributed by atoms with E-state index in [9.17, 15) is 8.78 Å². The van der Waals surface area contributed by atoms with Crippen LogP contribution in [0.2, 0.25) is 0 Å². The number of halogens is 2. The molecule has 5 nitrogen and oxygen atoms in total. The lowest BCUT2D eigenvalue weighted by Gasteiger charge is -2.15. The topological polar surface area (TPSA) is 75.9 Å². The van der Waals surface area contributed by atoms with Gasteiger partial charge in [-0.3, -0.25) is 0 Å². The lowest BCUT2D eigenvalue weighted by atomic mass is 10.2. The summed E-state index contributed by atoms with van der Waals surface area (Å²) < 4.78 is 26.5. The van der Waals surface area contributed by atoms with E-state index in [1.807, 2.05) is 13.8 Å². The maximum atomic E-state index is 13.2. The summed E-state index contributed by atoms with van der Waals surface area (Å²) in [5.41, 5.74) is 3.43. The molecule has 0 atom stereocenters. The lowest BCUT2D eigenvalue weighted by Crippen LogP contribution is -2.14. The third kappa shape index (κ3) is 3.43. The van der Waals surface area contributed by atoms with Gasteiger partial charge in [-0.2, -0.15) is 0 Å². The first-order valence-electron chi connectivity index (χ1n) is 6.49. The average molecular weight is 293 g/mol. The Morgan fingerprint density at radius 1 is 1.05 bits per heavy atom. The normalized spacial score (nSPS) is 10.8. The van der Waals surface area contributed by atoms with Crippen LogP contribution in [0.5, 0.6) is 0 Å². The van der Waals surface area contributed by atoms with Crippen LogP contribution in [0.1, 0.15) is 31.2 Å². The number of hydrogen-bond acceptors (Lipinski definition) is 5. The SMILES string of the molecule is Cc1c(NN)nc(C(C)C)nc1Nc1cc(F)cc(F)c1. The summed E-state index contributed by atoms with van der Waals surface area (Å²) in [6.45, 7) is 5.64. The van der Waals surface area contributed by atoms with Gasteiger partial charge in [-0.15, -0.1) is 0 Å². The maximum Gasteiger partial charge on any atom is 0.148 e. The molecule has 0 spiro atoms. The molecule has 0 saturated heterocycles. The summed E-state index contributed by atoms with van der Waals surface area (Å²) in [5, 5.41) is 2.90. The van der Waals surface area contributed by atoms with E-state index in [1.54, 1.807) is 6.92 Å². The Bertz CT molecular complexity index is 638. The van der Waals surface area contributed by atoms with Crippen molar-refractivity contribution in [2.75, 3.05) is 10.7 Å². The fraction of sp³-hybridized carbons (Fsp3) is 0.286. The number of rotatable bonds is 4. The first-order chi connectivity index (χ1) is 9.90. The smallest absolute Gasteiger partial charge is 0.148 e. The molecule has 0 amide bonds. The van der Waals surface area contributed by atoms with Gasteiger partial charge in [0.2, 0.25) is 0 Å². The van der Waals surface area contributed by atoms with Crippen LogP contribution in [-0.4, -0.2) is 9.97 Å². The van der Waals surface area contributed by atoms with E-state index in [0.717, 1.165) is 6.07 Å². The molecule has 1 aromatic heterocycles. The Morgan fingerprint density at radius 2 is 1.62 bits per heavy atom. The van der Waals surface area contributed by atoms with Crippen molar-refractivity contribution in [3.8, 4) is 0 Å². The van der Waals surface area contributed by atoms with Crippen molar-refractivity contribution in [1.82, 2.24) is 9.97 Å². The summed E-state index contributed by atoms with van der Waals surface area (Å²) >= 11 is 0. The van der Waals surface area contributed by atoms with Crippen LogP contribution in [0.25, 0.3) is 0 Å². The van der Waals surface area contributed by atoms with Gasteiger partial charge < -0.3 is 10.7 Å². The number of nitrogens with one attached hydrogen (secondary N) is 2. The molecule has 0 bridgehead atoms. The number of nitrogen functional groups attached to an aromatic ring is 1. The van der Waals surface area contributed by atoms with Gasteiger partial charge in [-0.1, -0.05) is 13.8 Å². The van der Waals surface area contributed by atoms with Gasteiger partial charge in [0.15, 0.2) is 0 Å². The molecule has 0 aliphatic carbocycles. The van der Waals surface area contributed by atoms with Crippen molar-refractivity contribution in [3.05, 3.63) is 41.2 Å². The minimum absolute atomic E-state index is 0.0856. The van der Waals surface area contributed by atoms with Crippen molar-refractivity contribution in [3.63, 3.8) is 0 Å². The number of hydrogen-bond donors (Lipinski definition) is 3. The molecule has 0 fully saturated rings. The van der Waals surface area contributed by atoms with E-state index in [4.69, 9.17) is 5.84 Å². The van der Waals surface area contributed by atoms with Gasteiger partial charge in [0.1, 0.15) is 29.1 Å². The molecule has 2 rings (SSSR count). The fourth-order valence-corrected chi connectivity index (χ4v) is 1.82. The van der Waals surface area contributed by atoms with Crippen LogP contribution in [-0.2, 0) is 0 Å². The number of aromatic nitrogens is 2. The van der Waals surface area contributed by atoms with Crippen molar-refractivity contribution in [1.29, 1.82) is 0 Å². The van der Waals surface area contributed by atoms with Crippen molar-refractivity contribution in [2.45, 2.75) is 26.7 Å². The van der Waals surface area contributed by atoms with E-state index in [-0.39, 0.29) is 11.6 Å². The molecule has 112 valence electrons. The summed E-state index contributed by atoms with van der Waals surface area (Å²) in [4.78, 5) is 8.66. The van der Waals surface area contributed by atoms with E-state index in [0.29, 0.717) is 23.0 Å². The Morgan fingerprint density at radius 3 is 2.14 bits per heavy atom. The zero-order valence-corrected chi connectivity index (χ0v) is 12.0. The highest BCUT2D eigenvalue weighted by Gasteiger charge is 2.13. The van der Waals surface area contributed by atoms with Crippen LogP contribution in [0.3, 0.4) is 0 Å². The van der Waals surface area contributed by atoms with Gasteiger partial charge in [0.25, 0.3) is 0 Å². The van der Waals surface area contributed by atoms with Crippen molar-refractivity contribution >= 4 is 17.3 Å². The molecular formula is C14H17F2N5. The molecule has 7 heteroatoms. The second-order valence-electron chi connectivity index (χ2n) is 4.99. The summed E-state index contributed by atoms with van der Waals surface area (Å²) in [6.07, 6.45) is 0. The first kappa shape index (κ1) is 15.1. The third-order valence-electron chi connectivity index (χ3n) is 2.94. The molecule has 0 unspecified atom stereocenters. The van der Waals surface area contributed by atoms with Crippen LogP contribution >= 0.6 is 0 Å². The highest BCUT2D eigenvalue weighted by molar-refractivity contribution is 5.64. The predicted octanol–water partition coefficient (Wildman–Crippen LogP) is 3.22. The number of benzene rings is 1. The van der Waals surface area contributed by atoms with E-state index >= 15 is 0 Å². The van der Waals surface area contributed by atoms with Crippen molar-refractivity contribution < 1.29 is 8.78 Å². The summed E-state index contributed by atoms with van der Waals surface area (Å²) in [7, 11) is 0. The zero-order chi connectivity index (χ0) is 15.6. The maximum absolute atomic E-state index is 13.2. The van der Waals surface area contributed by atoms with Gasteiger partial charge in [0, 0.05) is 23.2 Å². The van der Waals surface area contributed by atoms with Gasteiger partial charge in [-0.05, 0) is 19.1 Å². The molecule has 1 heterocycles. The second kappa shape index (κ2) is 6.01. The Labute approximate surface area is 121 Å². The number of hydrazine groups is 1. The quantitative estimate of drug-likeness (QED) is 0.596. The fourth-order valence-electron chi connectivity index (χ4n) is 1.82. The first-order valence-corrected chi connectivity index (χ1v) is 6.49.